The van der Waals surface area contributed by atoms with Crippen LogP contribution in [0.25, 0.3) is 0 Å². The Morgan fingerprint density at radius 3 is 2.71 bits per heavy atom. The highest BCUT2D eigenvalue weighted by Gasteiger charge is 2.37. The summed E-state index contributed by atoms with van der Waals surface area (Å²) in [5, 5.41) is 2.88. The van der Waals surface area contributed by atoms with Crippen molar-refractivity contribution in [2.75, 3.05) is 13.1 Å². The Morgan fingerprint density at radius 1 is 1.43 bits per heavy atom. The molecule has 1 aromatic carbocycles. The van der Waals surface area contributed by atoms with Crippen LogP contribution < -0.4 is 5.32 Å². The van der Waals surface area contributed by atoms with Crippen molar-refractivity contribution in [1.82, 2.24) is 5.32 Å². The van der Waals surface area contributed by atoms with Gasteiger partial charge in [0.1, 0.15) is 11.5 Å². The Balaban J connectivity index is 2.20. The van der Waals surface area contributed by atoms with E-state index in [-0.39, 0.29) is 11.4 Å². The molecule has 0 saturated carbocycles. The third-order valence-electron chi connectivity index (χ3n) is 2.42. The van der Waals surface area contributed by atoms with Crippen LogP contribution in [0.5, 0.6) is 0 Å². The molecule has 0 aliphatic carbocycles. The van der Waals surface area contributed by atoms with Crippen molar-refractivity contribution >= 4 is 11.6 Å². The molecule has 1 saturated heterocycles. The lowest BCUT2D eigenvalue weighted by molar-refractivity contribution is 0.0901. The fourth-order valence-corrected chi connectivity index (χ4v) is 1.74. The van der Waals surface area contributed by atoms with E-state index in [1.54, 1.807) is 12.1 Å². The molecule has 0 aromatic heterocycles. The normalized spacial score (nSPS) is 19.1. The molecule has 1 N–H and O–H groups in total. The number of hydrogen-bond acceptors (Lipinski definition) is 1. The summed E-state index contributed by atoms with van der Waals surface area (Å²) in [4.78, 5) is 0. The van der Waals surface area contributed by atoms with Gasteiger partial charge < -0.3 is 5.32 Å². The Labute approximate surface area is 86.1 Å². The number of hydrogen-bond donors (Lipinski definition) is 1. The maximum atomic E-state index is 13.6. The summed E-state index contributed by atoms with van der Waals surface area (Å²) in [6.45, 7) is 0.581. The summed E-state index contributed by atoms with van der Waals surface area (Å²) in [5.41, 5.74) is -0.951. The van der Waals surface area contributed by atoms with Crippen LogP contribution in [0.2, 0.25) is 5.02 Å². The van der Waals surface area contributed by atoms with E-state index < -0.39 is 11.5 Å². The van der Waals surface area contributed by atoms with Crippen LogP contribution in [0.3, 0.4) is 0 Å². The summed E-state index contributed by atoms with van der Waals surface area (Å²) < 4.78 is 27.0. The first-order valence-electron chi connectivity index (χ1n) is 4.43. The summed E-state index contributed by atoms with van der Waals surface area (Å²) >= 11 is 5.59. The third kappa shape index (κ3) is 1.74. The SMILES string of the molecule is Fc1c(Cl)cccc1CC1(F)CNC1. The van der Waals surface area contributed by atoms with E-state index >= 15 is 0 Å². The van der Waals surface area contributed by atoms with Gasteiger partial charge in [-0.25, -0.2) is 8.78 Å². The fourth-order valence-electron chi connectivity index (χ4n) is 1.55. The molecule has 0 atom stereocenters. The first-order chi connectivity index (χ1) is 6.61. The van der Waals surface area contributed by atoms with Crippen molar-refractivity contribution in [1.29, 1.82) is 0 Å². The van der Waals surface area contributed by atoms with Crippen LogP contribution >= 0.6 is 11.6 Å². The Morgan fingerprint density at radius 2 is 2.14 bits per heavy atom. The highest BCUT2D eigenvalue weighted by atomic mass is 35.5. The number of rotatable bonds is 2. The smallest absolute Gasteiger partial charge is 0.145 e. The van der Waals surface area contributed by atoms with Crippen LogP contribution in [0.15, 0.2) is 18.2 Å². The van der Waals surface area contributed by atoms with Gasteiger partial charge in [-0.2, -0.15) is 0 Å². The predicted molar refractivity (Wildman–Crippen MR) is 51.8 cm³/mol. The highest BCUT2D eigenvalue weighted by molar-refractivity contribution is 6.30. The molecule has 0 bridgehead atoms. The van der Waals surface area contributed by atoms with Crippen LogP contribution in [0.1, 0.15) is 5.56 Å². The molecule has 14 heavy (non-hydrogen) atoms. The van der Waals surface area contributed by atoms with E-state index in [1.165, 1.54) is 6.07 Å². The summed E-state index contributed by atoms with van der Waals surface area (Å²) in [6.07, 6.45) is 0.0897. The van der Waals surface area contributed by atoms with Gasteiger partial charge in [-0.3, -0.25) is 0 Å². The molecule has 76 valence electrons. The average molecular weight is 218 g/mol. The van der Waals surface area contributed by atoms with E-state index in [0.29, 0.717) is 18.7 Å². The quantitative estimate of drug-likeness (QED) is 0.802. The zero-order chi connectivity index (χ0) is 10.2. The van der Waals surface area contributed by atoms with Crippen molar-refractivity contribution in [2.45, 2.75) is 12.1 Å². The number of halogens is 3. The molecule has 4 heteroatoms. The summed E-state index contributed by atoms with van der Waals surface area (Å²) in [6, 6.07) is 4.67. The van der Waals surface area contributed by atoms with Crippen LogP contribution in [-0.4, -0.2) is 18.8 Å². The lowest BCUT2D eigenvalue weighted by atomic mass is 9.91. The average Bonchev–Trinajstić information content (AvgIpc) is 2.10. The largest absolute Gasteiger partial charge is 0.310 e. The second kappa shape index (κ2) is 3.48. The number of nitrogens with one attached hydrogen (secondary N) is 1. The fraction of sp³-hybridized carbons (Fsp3) is 0.400. The van der Waals surface area contributed by atoms with E-state index in [4.69, 9.17) is 11.6 Å². The lowest BCUT2D eigenvalue weighted by Gasteiger charge is -2.35. The third-order valence-corrected chi connectivity index (χ3v) is 2.71. The van der Waals surface area contributed by atoms with E-state index in [2.05, 4.69) is 5.32 Å². The number of benzene rings is 1. The maximum Gasteiger partial charge on any atom is 0.145 e. The minimum absolute atomic E-state index is 0.0541. The van der Waals surface area contributed by atoms with Gasteiger partial charge >= 0.3 is 0 Å². The first-order valence-corrected chi connectivity index (χ1v) is 4.81. The molecule has 1 aliphatic heterocycles. The molecule has 0 radical (unpaired) electrons. The molecule has 1 fully saturated rings. The van der Waals surface area contributed by atoms with Gasteiger partial charge in [0.25, 0.3) is 0 Å². The van der Waals surface area contributed by atoms with Gasteiger partial charge in [0.05, 0.1) is 5.02 Å². The molecule has 2 rings (SSSR count). The maximum absolute atomic E-state index is 13.6. The Bertz CT molecular complexity index is 350. The summed E-state index contributed by atoms with van der Waals surface area (Å²) in [5.74, 6) is -0.502. The predicted octanol–water partition coefficient (Wildman–Crippen LogP) is 2.33. The standard InChI is InChI=1S/C10H10ClF2N/c11-8-3-1-2-7(9(8)12)4-10(13)5-14-6-10/h1-3,14H,4-6H2. The van der Waals surface area contributed by atoms with Gasteiger partial charge in [0, 0.05) is 19.5 Å². The molecule has 1 aliphatic rings. The first kappa shape index (κ1) is 9.87. The minimum atomic E-state index is -1.30. The van der Waals surface area contributed by atoms with E-state index in [1.807, 2.05) is 0 Å². The molecule has 0 spiro atoms. The zero-order valence-corrected chi connectivity index (χ0v) is 8.24. The second-order valence-corrected chi connectivity index (χ2v) is 4.05. The molecule has 1 nitrogen and oxygen atoms in total. The van der Waals surface area contributed by atoms with Gasteiger partial charge in [0.2, 0.25) is 0 Å². The lowest BCUT2D eigenvalue weighted by Crippen LogP contribution is -2.57. The number of alkyl halides is 1. The topological polar surface area (TPSA) is 12.0 Å². The second-order valence-electron chi connectivity index (χ2n) is 3.64. The van der Waals surface area contributed by atoms with Gasteiger partial charge in [-0.1, -0.05) is 23.7 Å². The van der Waals surface area contributed by atoms with Gasteiger partial charge in [0.15, 0.2) is 0 Å². The van der Waals surface area contributed by atoms with Crippen LogP contribution in [0.4, 0.5) is 8.78 Å². The van der Waals surface area contributed by atoms with Crippen LogP contribution in [-0.2, 0) is 6.42 Å². The van der Waals surface area contributed by atoms with Gasteiger partial charge in [-0.05, 0) is 11.6 Å². The van der Waals surface area contributed by atoms with Crippen molar-refractivity contribution in [3.05, 3.63) is 34.6 Å². The molecule has 1 aromatic rings. The zero-order valence-electron chi connectivity index (χ0n) is 7.49. The van der Waals surface area contributed by atoms with E-state index in [9.17, 15) is 8.78 Å². The molecule has 0 unspecified atom stereocenters. The Hall–Kier alpha value is -0.670. The van der Waals surface area contributed by atoms with Crippen LogP contribution in [0, 0.1) is 5.82 Å². The highest BCUT2D eigenvalue weighted by Crippen LogP contribution is 2.26. The Kier molecular flexibility index (Phi) is 2.45. The van der Waals surface area contributed by atoms with Crippen molar-refractivity contribution < 1.29 is 8.78 Å². The van der Waals surface area contributed by atoms with Crippen molar-refractivity contribution in [3.63, 3.8) is 0 Å². The molecule has 1 heterocycles. The van der Waals surface area contributed by atoms with E-state index in [0.717, 1.165) is 0 Å². The van der Waals surface area contributed by atoms with Gasteiger partial charge in [-0.15, -0.1) is 0 Å². The summed E-state index contributed by atoms with van der Waals surface area (Å²) in [7, 11) is 0. The molecular formula is C10H10ClF2N. The minimum Gasteiger partial charge on any atom is -0.310 e. The monoisotopic (exact) mass is 217 g/mol. The molecule has 0 amide bonds. The van der Waals surface area contributed by atoms with Crippen molar-refractivity contribution in [3.8, 4) is 0 Å². The molecular weight excluding hydrogens is 208 g/mol. The van der Waals surface area contributed by atoms with Crippen molar-refractivity contribution in [2.24, 2.45) is 0 Å².